The van der Waals surface area contributed by atoms with E-state index in [1.807, 2.05) is 32.8 Å². The van der Waals surface area contributed by atoms with Crippen LogP contribution in [0.4, 0.5) is 5.69 Å². The van der Waals surface area contributed by atoms with Crippen LogP contribution >= 0.6 is 15.9 Å². The summed E-state index contributed by atoms with van der Waals surface area (Å²) in [7, 11) is 0.267. The van der Waals surface area contributed by atoms with Gasteiger partial charge in [0.25, 0.3) is 0 Å². The summed E-state index contributed by atoms with van der Waals surface area (Å²) in [6.07, 6.45) is 0. The van der Waals surface area contributed by atoms with Gasteiger partial charge in [-0.3, -0.25) is 0 Å². The smallest absolute Gasteiger partial charge is 0.241 e. The van der Waals surface area contributed by atoms with Crippen molar-refractivity contribution in [3.63, 3.8) is 0 Å². The Morgan fingerprint density at radius 3 is 2.42 bits per heavy atom. The number of likely N-dealkylation sites (N-methyl/N-ethyl adjacent to an activating group) is 1. The summed E-state index contributed by atoms with van der Waals surface area (Å²) in [5.41, 5.74) is 5.84. The van der Waals surface area contributed by atoms with Gasteiger partial charge in [0.15, 0.2) is 0 Å². The van der Waals surface area contributed by atoms with Crippen LogP contribution in [0.3, 0.4) is 0 Å². The minimum absolute atomic E-state index is 0.191. The van der Waals surface area contributed by atoms with E-state index in [-0.39, 0.29) is 10.4 Å². The van der Waals surface area contributed by atoms with Crippen molar-refractivity contribution in [3.8, 4) is 0 Å². The molecule has 0 fully saturated rings. The first-order chi connectivity index (χ1) is 8.56. The molecule has 0 bridgehead atoms. The molecule has 0 aliphatic rings. The number of hydrogen-bond acceptors (Lipinski definition) is 4. The van der Waals surface area contributed by atoms with Gasteiger partial charge in [-0.1, -0.05) is 0 Å². The van der Waals surface area contributed by atoms with Gasteiger partial charge in [0, 0.05) is 22.2 Å². The lowest BCUT2D eigenvalue weighted by Gasteiger charge is -2.32. The molecule has 19 heavy (non-hydrogen) atoms. The van der Waals surface area contributed by atoms with Gasteiger partial charge in [0.2, 0.25) is 10.0 Å². The van der Waals surface area contributed by atoms with Crippen molar-refractivity contribution in [2.75, 3.05) is 26.4 Å². The van der Waals surface area contributed by atoms with Crippen molar-refractivity contribution < 1.29 is 8.42 Å². The van der Waals surface area contributed by atoms with E-state index >= 15 is 0 Å². The second kappa shape index (κ2) is 5.78. The van der Waals surface area contributed by atoms with E-state index in [0.717, 1.165) is 0 Å². The van der Waals surface area contributed by atoms with E-state index < -0.39 is 10.0 Å². The highest BCUT2D eigenvalue weighted by Crippen LogP contribution is 2.24. The molecule has 1 aromatic rings. The maximum Gasteiger partial charge on any atom is 0.241 e. The Hall–Kier alpha value is -0.630. The number of nitrogens with one attached hydrogen (secondary N) is 1. The van der Waals surface area contributed by atoms with Gasteiger partial charge in [0.05, 0.1) is 4.90 Å². The first-order valence-corrected chi connectivity index (χ1v) is 8.06. The molecule has 0 saturated carbocycles. The van der Waals surface area contributed by atoms with Crippen molar-refractivity contribution in [2.45, 2.75) is 24.3 Å². The zero-order valence-electron chi connectivity index (χ0n) is 11.6. The second-order valence-electron chi connectivity index (χ2n) is 5.22. The van der Waals surface area contributed by atoms with Crippen LogP contribution < -0.4 is 10.5 Å². The molecule has 0 aliphatic carbocycles. The van der Waals surface area contributed by atoms with Crippen molar-refractivity contribution in [1.29, 1.82) is 0 Å². The van der Waals surface area contributed by atoms with Crippen LogP contribution in [0.25, 0.3) is 0 Å². The van der Waals surface area contributed by atoms with Gasteiger partial charge in [-0.15, -0.1) is 0 Å². The van der Waals surface area contributed by atoms with E-state index in [1.165, 1.54) is 6.07 Å². The van der Waals surface area contributed by atoms with E-state index in [1.54, 1.807) is 12.1 Å². The van der Waals surface area contributed by atoms with Gasteiger partial charge in [0.1, 0.15) is 0 Å². The Labute approximate surface area is 123 Å². The predicted octanol–water partition coefficient (Wildman–Crippen LogP) is 1.65. The fourth-order valence-corrected chi connectivity index (χ4v) is 3.54. The third-order valence-electron chi connectivity index (χ3n) is 3.15. The lowest BCUT2D eigenvalue weighted by molar-refractivity contribution is 0.199. The van der Waals surface area contributed by atoms with Gasteiger partial charge >= 0.3 is 0 Å². The van der Waals surface area contributed by atoms with Crippen LogP contribution in [-0.2, 0) is 10.0 Å². The lowest BCUT2D eigenvalue weighted by Crippen LogP contribution is -2.48. The minimum atomic E-state index is -3.55. The highest BCUT2D eigenvalue weighted by Gasteiger charge is 2.25. The van der Waals surface area contributed by atoms with E-state index in [9.17, 15) is 8.42 Å². The molecule has 0 spiro atoms. The normalized spacial score (nSPS) is 12.9. The average Bonchev–Trinajstić information content (AvgIpc) is 2.26. The fraction of sp³-hybridized carbons (Fsp3) is 0.500. The number of nitrogen functional groups attached to an aromatic ring is 1. The molecule has 1 rings (SSSR count). The summed E-state index contributed by atoms with van der Waals surface area (Å²) in [6, 6.07) is 4.63. The Morgan fingerprint density at radius 1 is 1.37 bits per heavy atom. The molecule has 1 aromatic carbocycles. The zero-order valence-corrected chi connectivity index (χ0v) is 14.0. The van der Waals surface area contributed by atoms with Crippen LogP contribution in [-0.4, -0.2) is 39.5 Å². The lowest BCUT2D eigenvalue weighted by atomic mass is 10.1. The monoisotopic (exact) mass is 349 g/mol. The number of anilines is 1. The Balaban J connectivity index is 2.94. The third kappa shape index (κ3) is 4.17. The molecule has 0 atom stereocenters. The SMILES string of the molecule is CN(C)C(C)(C)CNS(=O)(=O)c1ccc(N)cc1Br. The Kier molecular flexibility index (Phi) is 5.00. The topological polar surface area (TPSA) is 75.4 Å². The van der Waals surface area contributed by atoms with Crippen molar-refractivity contribution in [3.05, 3.63) is 22.7 Å². The second-order valence-corrected chi connectivity index (χ2v) is 7.81. The van der Waals surface area contributed by atoms with Crippen molar-refractivity contribution in [1.82, 2.24) is 9.62 Å². The van der Waals surface area contributed by atoms with E-state index in [2.05, 4.69) is 20.7 Å². The average molecular weight is 350 g/mol. The maximum atomic E-state index is 12.2. The molecule has 0 heterocycles. The van der Waals surface area contributed by atoms with Crippen LogP contribution in [0.1, 0.15) is 13.8 Å². The molecule has 0 unspecified atom stereocenters. The number of nitrogens with two attached hydrogens (primary N) is 1. The summed E-state index contributed by atoms with van der Waals surface area (Å²) < 4.78 is 27.5. The number of benzene rings is 1. The summed E-state index contributed by atoms with van der Waals surface area (Å²) in [5, 5.41) is 0. The fourth-order valence-electron chi connectivity index (χ4n) is 1.24. The summed E-state index contributed by atoms with van der Waals surface area (Å²) in [4.78, 5) is 2.16. The Morgan fingerprint density at radius 2 is 1.95 bits per heavy atom. The van der Waals surface area contributed by atoms with E-state index in [4.69, 9.17) is 5.73 Å². The van der Waals surface area contributed by atoms with Crippen LogP contribution in [0.15, 0.2) is 27.6 Å². The third-order valence-corrected chi connectivity index (χ3v) is 5.53. The zero-order chi connectivity index (χ0) is 14.8. The largest absolute Gasteiger partial charge is 0.399 e. The Bertz CT molecular complexity index is 556. The molecule has 0 radical (unpaired) electrons. The van der Waals surface area contributed by atoms with Crippen LogP contribution in [0, 0.1) is 0 Å². The molecular weight excluding hydrogens is 330 g/mol. The van der Waals surface area contributed by atoms with Crippen molar-refractivity contribution >= 4 is 31.6 Å². The summed E-state index contributed by atoms with van der Waals surface area (Å²) >= 11 is 3.22. The minimum Gasteiger partial charge on any atom is -0.399 e. The highest BCUT2D eigenvalue weighted by molar-refractivity contribution is 9.10. The highest BCUT2D eigenvalue weighted by atomic mass is 79.9. The van der Waals surface area contributed by atoms with Crippen molar-refractivity contribution in [2.24, 2.45) is 0 Å². The number of sulfonamides is 1. The molecular formula is C12H20BrN3O2S. The van der Waals surface area contributed by atoms with Crippen LogP contribution in [0.5, 0.6) is 0 Å². The molecule has 0 aromatic heterocycles. The molecule has 0 amide bonds. The molecule has 0 aliphatic heterocycles. The van der Waals surface area contributed by atoms with Crippen LogP contribution in [0.2, 0.25) is 0 Å². The van der Waals surface area contributed by atoms with Gasteiger partial charge in [-0.05, 0) is 62.1 Å². The number of hydrogen-bond donors (Lipinski definition) is 2. The summed E-state index contributed by atoms with van der Waals surface area (Å²) in [6.45, 7) is 4.25. The molecule has 5 nitrogen and oxygen atoms in total. The van der Waals surface area contributed by atoms with Gasteiger partial charge in [-0.2, -0.15) is 0 Å². The molecule has 7 heteroatoms. The summed E-state index contributed by atoms with van der Waals surface area (Å²) in [5.74, 6) is 0. The van der Waals surface area contributed by atoms with Gasteiger partial charge in [-0.25, -0.2) is 13.1 Å². The molecule has 108 valence electrons. The van der Waals surface area contributed by atoms with Gasteiger partial charge < -0.3 is 10.6 Å². The predicted molar refractivity (Wildman–Crippen MR) is 81.5 cm³/mol. The quantitative estimate of drug-likeness (QED) is 0.792. The number of rotatable bonds is 5. The molecule has 0 saturated heterocycles. The first-order valence-electron chi connectivity index (χ1n) is 5.78. The van der Waals surface area contributed by atoms with E-state index in [0.29, 0.717) is 16.7 Å². The number of halogens is 1. The standard InChI is InChI=1S/C12H20BrN3O2S/c1-12(2,16(3)4)8-15-19(17,18)11-6-5-9(14)7-10(11)13/h5-7,15H,8,14H2,1-4H3. The first kappa shape index (κ1) is 16.4. The molecule has 3 N–H and O–H groups in total. The maximum absolute atomic E-state index is 12.2. The number of nitrogens with zero attached hydrogens (tertiary/aromatic N) is 1.